The van der Waals surface area contributed by atoms with Gasteiger partial charge in [0.2, 0.25) is 5.91 Å². The lowest BCUT2D eigenvalue weighted by Gasteiger charge is -2.32. The zero-order valence-corrected chi connectivity index (χ0v) is 24.4. The molecular weight excluding hydrogens is 596 g/mol. The first-order valence-electron chi connectivity index (χ1n) is 12.6. The minimum absolute atomic E-state index is 0.0157. The monoisotopic (exact) mass is 624 g/mol. The van der Waals surface area contributed by atoms with Gasteiger partial charge in [-0.2, -0.15) is 18.4 Å². The van der Waals surface area contributed by atoms with E-state index in [9.17, 15) is 23.1 Å². The quantitative estimate of drug-likeness (QED) is 0.298. The number of carbonyl (C=O) groups is 1. The molecular formula is C29H29Cl2F3N4O2S. The second-order valence-corrected chi connectivity index (χ2v) is 11.0. The van der Waals surface area contributed by atoms with Gasteiger partial charge < -0.3 is 10.0 Å². The second-order valence-electron chi connectivity index (χ2n) is 9.49. The van der Waals surface area contributed by atoms with Crippen LogP contribution in [0.15, 0.2) is 71.6 Å². The first-order valence-corrected chi connectivity index (χ1v) is 14.2. The van der Waals surface area contributed by atoms with E-state index in [0.717, 1.165) is 36.2 Å². The van der Waals surface area contributed by atoms with Crippen molar-refractivity contribution in [2.45, 2.75) is 36.1 Å². The maximum absolute atomic E-state index is 12.9. The Kier molecular flexibility index (Phi) is 11.9. The molecule has 1 aliphatic heterocycles. The van der Waals surface area contributed by atoms with E-state index in [1.165, 1.54) is 12.1 Å². The largest absolute Gasteiger partial charge is 0.417 e. The maximum atomic E-state index is 12.9. The number of nitrogens with two attached hydrogens (primary N) is 1. The summed E-state index contributed by atoms with van der Waals surface area (Å²) in [7, 11) is 1.84. The van der Waals surface area contributed by atoms with Crippen LogP contribution in [0.3, 0.4) is 0 Å². The minimum atomic E-state index is -4.52. The molecule has 12 heteroatoms. The van der Waals surface area contributed by atoms with Gasteiger partial charge in [0.15, 0.2) is 0 Å². The van der Waals surface area contributed by atoms with Gasteiger partial charge in [0.25, 0.3) is 0 Å². The number of amides is 1. The number of alkyl halides is 3. The molecule has 1 saturated heterocycles. The molecule has 0 saturated carbocycles. The predicted octanol–water partition coefficient (Wildman–Crippen LogP) is 6.35. The number of carbonyl (C=O) groups excluding carboxylic acids is 1. The van der Waals surface area contributed by atoms with Crippen molar-refractivity contribution in [1.82, 2.24) is 9.80 Å². The molecule has 0 aliphatic carbocycles. The Hall–Kier alpha value is -2.78. The van der Waals surface area contributed by atoms with Gasteiger partial charge in [-0.15, -0.1) is 0 Å². The summed E-state index contributed by atoms with van der Waals surface area (Å²) < 4.78 is 37.1. The molecule has 0 bridgehead atoms. The zero-order chi connectivity index (χ0) is 30.2. The summed E-state index contributed by atoms with van der Waals surface area (Å²) in [4.78, 5) is 17.2. The number of nitriles is 1. The number of hydrogen-bond donors (Lipinski definition) is 2. The highest BCUT2D eigenvalue weighted by Gasteiger charge is 2.33. The van der Waals surface area contributed by atoms with E-state index in [-0.39, 0.29) is 29.4 Å². The topological polar surface area (TPSA) is 93.6 Å². The van der Waals surface area contributed by atoms with E-state index in [0.29, 0.717) is 35.1 Å². The van der Waals surface area contributed by atoms with E-state index >= 15 is 0 Å². The van der Waals surface area contributed by atoms with E-state index in [2.05, 4.69) is 4.90 Å². The number of aliphatic hydroxyl groups is 1. The Morgan fingerprint density at radius 3 is 2.44 bits per heavy atom. The molecule has 2 atom stereocenters. The first kappa shape index (κ1) is 32.7. The van der Waals surface area contributed by atoms with Crippen LogP contribution in [0.4, 0.5) is 13.2 Å². The van der Waals surface area contributed by atoms with Gasteiger partial charge in [-0.1, -0.05) is 59.6 Å². The molecule has 3 N–H and O–H groups in total. The Morgan fingerprint density at radius 1 is 1.17 bits per heavy atom. The van der Waals surface area contributed by atoms with Crippen molar-refractivity contribution in [3.05, 3.63) is 99.0 Å². The minimum Gasteiger partial charge on any atom is -0.392 e. The third kappa shape index (κ3) is 9.36. The maximum Gasteiger partial charge on any atom is 0.417 e. The van der Waals surface area contributed by atoms with Crippen LogP contribution >= 0.6 is 35.1 Å². The standard InChI is InChI=1S/C21H24Cl2N2O2.C8H5F3N2S/c1-24(21(27)12-15-7-8-18(22)19(23)11-15)20(16-5-3-2-4-6-16)14-25-10-9-17(26)13-25;9-8(10,11)7-3-6(14-13)2-1-5(7)4-12/h2-8,11,17,20,26H,9-10,12-14H2,1H3;1-3H,13H2. The molecule has 1 fully saturated rings. The van der Waals surface area contributed by atoms with Gasteiger partial charge in [0.1, 0.15) is 0 Å². The summed E-state index contributed by atoms with van der Waals surface area (Å²) in [5.41, 5.74) is 0.583. The number of nitrogens with zero attached hydrogens (tertiary/aromatic N) is 3. The van der Waals surface area contributed by atoms with Crippen LogP contribution in [0.2, 0.25) is 10.0 Å². The molecule has 218 valence electrons. The third-order valence-corrected chi connectivity index (χ3v) is 7.88. The van der Waals surface area contributed by atoms with Crippen LogP contribution in [-0.2, 0) is 17.4 Å². The van der Waals surface area contributed by atoms with Gasteiger partial charge in [-0.3, -0.25) is 14.8 Å². The Bertz CT molecular complexity index is 1370. The number of halogens is 5. The molecule has 0 aromatic heterocycles. The highest BCUT2D eigenvalue weighted by molar-refractivity contribution is 7.97. The molecule has 0 spiro atoms. The first-order chi connectivity index (χ1) is 19.4. The smallest absolute Gasteiger partial charge is 0.392 e. The summed E-state index contributed by atoms with van der Waals surface area (Å²) in [5.74, 6) is 0.0157. The van der Waals surface area contributed by atoms with Crippen molar-refractivity contribution in [2.24, 2.45) is 5.14 Å². The lowest BCUT2D eigenvalue weighted by molar-refractivity contribution is -0.138. The van der Waals surface area contributed by atoms with Crippen LogP contribution < -0.4 is 5.14 Å². The fourth-order valence-corrected chi connectivity index (χ4v) is 5.05. The number of aliphatic hydroxyl groups excluding tert-OH is 1. The van der Waals surface area contributed by atoms with Gasteiger partial charge in [0, 0.05) is 31.6 Å². The summed E-state index contributed by atoms with van der Waals surface area (Å²) >= 11 is 12.7. The van der Waals surface area contributed by atoms with Crippen molar-refractivity contribution < 1.29 is 23.1 Å². The Morgan fingerprint density at radius 2 is 1.88 bits per heavy atom. The van der Waals surface area contributed by atoms with Gasteiger partial charge in [-0.25, -0.2) is 0 Å². The molecule has 0 radical (unpaired) electrons. The number of rotatable bonds is 7. The number of benzene rings is 3. The normalized spacial score (nSPS) is 15.9. The van der Waals surface area contributed by atoms with Crippen LogP contribution in [0.1, 0.15) is 34.7 Å². The third-order valence-electron chi connectivity index (χ3n) is 6.62. The van der Waals surface area contributed by atoms with Crippen LogP contribution in [0, 0.1) is 11.3 Å². The summed E-state index contributed by atoms with van der Waals surface area (Å²) in [6.07, 6.45) is -3.75. The van der Waals surface area contributed by atoms with E-state index in [1.807, 2.05) is 43.4 Å². The van der Waals surface area contributed by atoms with Crippen molar-refractivity contribution in [1.29, 1.82) is 5.26 Å². The molecule has 41 heavy (non-hydrogen) atoms. The van der Waals surface area contributed by atoms with Crippen LogP contribution in [0.5, 0.6) is 0 Å². The average Bonchev–Trinajstić information content (AvgIpc) is 3.37. The molecule has 4 rings (SSSR count). The van der Waals surface area contributed by atoms with Crippen molar-refractivity contribution >= 4 is 41.1 Å². The van der Waals surface area contributed by atoms with Crippen molar-refractivity contribution in [3.63, 3.8) is 0 Å². The lowest BCUT2D eigenvalue weighted by atomic mass is 10.0. The Labute approximate surface area is 251 Å². The van der Waals surface area contributed by atoms with E-state index in [4.69, 9.17) is 33.6 Å². The summed E-state index contributed by atoms with van der Waals surface area (Å²) in [6.45, 7) is 2.20. The molecule has 2 unspecified atom stereocenters. The van der Waals surface area contributed by atoms with Crippen LogP contribution in [0.25, 0.3) is 0 Å². The molecule has 1 aliphatic rings. The molecule has 3 aromatic rings. The average molecular weight is 626 g/mol. The van der Waals surface area contributed by atoms with Gasteiger partial charge in [0.05, 0.1) is 45.8 Å². The predicted molar refractivity (Wildman–Crippen MR) is 155 cm³/mol. The zero-order valence-electron chi connectivity index (χ0n) is 22.1. The molecule has 3 aromatic carbocycles. The van der Waals surface area contributed by atoms with Crippen molar-refractivity contribution in [3.8, 4) is 6.07 Å². The van der Waals surface area contributed by atoms with Gasteiger partial charge >= 0.3 is 6.18 Å². The summed E-state index contributed by atoms with van der Waals surface area (Å²) in [5, 5.41) is 24.3. The molecule has 1 amide bonds. The second kappa shape index (κ2) is 14.9. The number of likely N-dealkylation sites (tertiary alicyclic amines) is 1. The number of β-amino-alcohol motifs (C(OH)–C–C–N with tert-alkyl or cyclic N) is 1. The number of likely N-dealkylation sites (N-methyl/N-ethyl adjacent to an activating group) is 1. The van der Waals surface area contributed by atoms with Crippen LogP contribution in [-0.4, -0.2) is 53.6 Å². The summed E-state index contributed by atoms with van der Waals surface area (Å²) in [6, 6.07) is 20.1. The lowest BCUT2D eigenvalue weighted by Crippen LogP contribution is -2.39. The fourth-order valence-electron chi connectivity index (χ4n) is 4.40. The van der Waals surface area contributed by atoms with Crippen molar-refractivity contribution in [2.75, 3.05) is 26.7 Å². The Balaban J connectivity index is 0.000000278. The fraction of sp³-hybridized carbons (Fsp3) is 0.310. The highest BCUT2D eigenvalue weighted by atomic mass is 35.5. The SMILES string of the molecule is CN(C(=O)Cc1ccc(Cl)c(Cl)c1)C(CN1CCC(O)C1)c1ccccc1.N#Cc1ccc(SN)cc1C(F)(F)F. The van der Waals surface area contributed by atoms with E-state index in [1.54, 1.807) is 17.0 Å². The molecule has 1 heterocycles. The number of hydrogen-bond acceptors (Lipinski definition) is 6. The highest BCUT2D eigenvalue weighted by Crippen LogP contribution is 2.33. The van der Waals surface area contributed by atoms with E-state index < -0.39 is 17.3 Å². The molecule has 6 nitrogen and oxygen atoms in total. The van der Waals surface area contributed by atoms with Gasteiger partial charge in [-0.05, 0) is 59.8 Å².